The van der Waals surface area contributed by atoms with Gasteiger partial charge in [0.15, 0.2) is 11.5 Å². The predicted molar refractivity (Wildman–Crippen MR) is 84.5 cm³/mol. The van der Waals surface area contributed by atoms with Gasteiger partial charge in [-0.1, -0.05) is 17.2 Å². The van der Waals surface area contributed by atoms with E-state index in [1.165, 1.54) is 12.8 Å². The van der Waals surface area contributed by atoms with Gasteiger partial charge in [-0.25, -0.2) is 4.98 Å². The van der Waals surface area contributed by atoms with Gasteiger partial charge in [0.25, 0.3) is 0 Å². The number of rotatable bonds is 3. The zero-order valence-corrected chi connectivity index (χ0v) is 12.8. The number of para-hydroxylation sites is 2. The molecule has 1 saturated carbocycles. The molecule has 1 unspecified atom stereocenters. The number of aromatic nitrogens is 3. The highest BCUT2D eigenvalue weighted by atomic mass is 16.4. The summed E-state index contributed by atoms with van der Waals surface area (Å²) in [6, 6.07) is 8.56. The molecular formula is C17H18N4O2. The summed E-state index contributed by atoms with van der Waals surface area (Å²) in [5.41, 5.74) is 1.78. The summed E-state index contributed by atoms with van der Waals surface area (Å²) in [4.78, 5) is 6.82. The standard InChI is InChI=1S/C17H18N4O2/c1-2-6-14-13(5-1)18-15(22-14)12-4-3-9-21(10-12)17-20-19-16(23-17)11-7-8-11/h1-2,5-6,11-12H,3-4,7-10H2. The van der Waals surface area contributed by atoms with Crippen molar-refractivity contribution in [2.75, 3.05) is 18.0 Å². The summed E-state index contributed by atoms with van der Waals surface area (Å²) in [5, 5.41) is 8.42. The van der Waals surface area contributed by atoms with Crippen LogP contribution in [0.15, 0.2) is 33.1 Å². The van der Waals surface area contributed by atoms with Crippen LogP contribution in [0.4, 0.5) is 6.01 Å². The van der Waals surface area contributed by atoms with Crippen molar-refractivity contribution >= 4 is 17.1 Å². The van der Waals surface area contributed by atoms with Crippen molar-refractivity contribution in [3.05, 3.63) is 36.0 Å². The van der Waals surface area contributed by atoms with Crippen LogP contribution in [0, 0.1) is 0 Å². The van der Waals surface area contributed by atoms with Crippen LogP contribution in [0.1, 0.15) is 49.3 Å². The first-order valence-corrected chi connectivity index (χ1v) is 8.30. The molecule has 0 radical (unpaired) electrons. The van der Waals surface area contributed by atoms with Crippen molar-refractivity contribution < 1.29 is 8.83 Å². The summed E-state index contributed by atoms with van der Waals surface area (Å²) in [5.74, 6) is 2.38. The van der Waals surface area contributed by atoms with Crippen LogP contribution in [-0.2, 0) is 0 Å². The molecule has 2 aromatic heterocycles. The molecule has 1 aromatic carbocycles. The number of benzene rings is 1. The van der Waals surface area contributed by atoms with Crippen LogP contribution in [0.5, 0.6) is 0 Å². The lowest BCUT2D eigenvalue weighted by Gasteiger charge is -2.29. The lowest BCUT2D eigenvalue weighted by atomic mass is 9.98. The number of anilines is 1. The first-order chi connectivity index (χ1) is 11.4. The van der Waals surface area contributed by atoms with Gasteiger partial charge in [0.2, 0.25) is 5.89 Å². The van der Waals surface area contributed by atoms with Crippen LogP contribution in [0.3, 0.4) is 0 Å². The Kier molecular flexibility index (Phi) is 2.89. The number of piperidine rings is 1. The van der Waals surface area contributed by atoms with Gasteiger partial charge < -0.3 is 13.7 Å². The predicted octanol–water partition coefficient (Wildman–Crippen LogP) is 3.47. The van der Waals surface area contributed by atoms with Crippen molar-refractivity contribution in [2.45, 2.75) is 37.5 Å². The Morgan fingerprint density at radius 2 is 1.87 bits per heavy atom. The van der Waals surface area contributed by atoms with E-state index >= 15 is 0 Å². The van der Waals surface area contributed by atoms with E-state index in [-0.39, 0.29) is 5.92 Å². The summed E-state index contributed by atoms with van der Waals surface area (Å²) in [6.45, 7) is 1.77. The van der Waals surface area contributed by atoms with Gasteiger partial charge in [-0.2, -0.15) is 0 Å². The Morgan fingerprint density at radius 3 is 2.74 bits per heavy atom. The fourth-order valence-corrected chi connectivity index (χ4v) is 3.27. The minimum atomic E-state index is 0.271. The smallest absolute Gasteiger partial charge is 0.318 e. The largest absolute Gasteiger partial charge is 0.440 e. The molecule has 1 saturated heterocycles. The van der Waals surface area contributed by atoms with Gasteiger partial charge in [-0.3, -0.25) is 0 Å². The Balaban J connectivity index is 1.38. The zero-order valence-electron chi connectivity index (χ0n) is 12.8. The average Bonchev–Trinajstić information content (AvgIpc) is 3.17. The second-order valence-electron chi connectivity index (χ2n) is 6.50. The number of oxazole rings is 1. The molecule has 0 bridgehead atoms. The molecule has 1 aliphatic carbocycles. The molecule has 3 heterocycles. The number of nitrogens with zero attached hydrogens (tertiary/aromatic N) is 4. The Bertz CT molecular complexity index is 803. The van der Waals surface area contributed by atoms with Crippen LogP contribution in [-0.4, -0.2) is 28.3 Å². The van der Waals surface area contributed by atoms with Gasteiger partial charge in [0.05, 0.1) is 5.92 Å². The summed E-state index contributed by atoms with van der Waals surface area (Å²) in [6.07, 6.45) is 4.50. The molecule has 1 aliphatic heterocycles. The Morgan fingerprint density at radius 1 is 0.957 bits per heavy atom. The molecule has 3 aromatic rings. The van der Waals surface area contributed by atoms with Gasteiger partial charge in [0, 0.05) is 19.0 Å². The van der Waals surface area contributed by atoms with Gasteiger partial charge in [0.1, 0.15) is 5.52 Å². The maximum atomic E-state index is 5.94. The second kappa shape index (κ2) is 5.08. The van der Waals surface area contributed by atoms with E-state index in [0.29, 0.717) is 11.9 Å². The Labute approximate surface area is 133 Å². The molecule has 6 nitrogen and oxygen atoms in total. The van der Waals surface area contributed by atoms with Crippen molar-refractivity contribution in [3.8, 4) is 0 Å². The van der Waals surface area contributed by atoms with E-state index in [9.17, 15) is 0 Å². The van der Waals surface area contributed by atoms with E-state index in [2.05, 4.69) is 20.1 Å². The molecule has 2 aliphatic rings. The third kappa shape index (κ3) is 2.38. The number of hydrogen-bond acceptors (Lipinski definition) is 6. The van der Waals surface area contributed by atoms with Crippen molar-refractivity contribution in [3.63, 3.8) is 0 Å². The minimum absolute atomic E-state index is 0.271. The zero-order chi connectivity index (χ0) is 15.2. The first-order valence-electron chi connectivity index (χ1n) is 8.30. The molecule has 2 fully saturated rings. The van der Waals surface area contributed by atoms with E-state index in [0.717, 1.165) is 48.8 Å². The molecule has 5 rings (SSSR count). The summed E-state index contributed by atoms with van der Waals surface area (Å²) >= 11 is 0. The minimum Gasteiger partial charge on any atom is -0.440 e. The van der Waals surface area contributed by atoms with E-state index in [1.54, 1.807) is 0 Å². The molecule has 0 N–H and O–H groups in total. The van der Waals surface area contributed by atoms with Crippen molar-refractivity contribution in [2.24, 2.45) is 0 Å². The highest BCUT2D eigenvalue weighted by Gasteiger charge is 2.32. The molecule has 118 valence electrons. The topological polar surface area (TPSA) is 68.2 Å². The van der Waals surface area contributed by atoms with E-state index in [1.807, 2.05) is 24.3 Å². The monoisotopic (exact) mass is 310 g/mol. The fraction of sp³-hybridized carbons (Fsp3) is 0.471. The maximum Gasteiger partial charge on any atom is 0.318 e. The second-order valence-corrected chi connectivity index (χ2v) is 6.50. The Hall–Kier alpha value is -2.37. The molecular weight excluding hydrogens is 292 g/mol. The van der Waals surface area contributed by atoms with E-state index in [4.69, 9.17) is 8.83 Å². The van der Waals surface area contributed by atoms with Gasteiger partial charge >= 0.3 is 6.01 Å². The normalized spacial score (nSPS) is 21.9. The molecule has 23 heavy (non-hydrogen) atoms. The van der Waals surface area contributed by atoms with Crippen LogP contribution in [0.25, 0.3) is 11.1 Å². The van der Waals surface area contributed by atoms with Crippen molar-refractivity contribution in [1.82, 2.24) is 15.2 Å². The number of fused-ring (bicyclic) bond motifs is 1. The van der Waals surface area contributed by atoms with Crippen molar-refractivity contribution in [1.29, 1.82) is 0 Å². The molecule has 0 amide bonds. The van der Waals surface area contributed by atoms with Crippen LogP contribution >= 0.6 is 0 Å². The molecule has 6 heteroatoms. The number of hydrogen-bond donors (Lipinski definition) is 0. The lowest BCUT2D eigenvalue weighted by Crippen LogP contribution is -2.34. The quantitative estimate of drug-likeness (QED) is 0.738. The van der Waals surface area contributed by atoms with Gasteiger partial charge in [-0.15, -0.1) is 5.10 Å². The maximum absolute atomic E-state index is 5.94. The summed E-state index contributed by atoms with van der Waals surface area (Å²) < 4.78 is 11.8. The lowest BCUT2D eigenvalue weighted by molar-refractivity contribution is 0.393. The fourth-order valence-electron chi connectivity index (χ4n) is 3.27. The SMILES string of the molecule is c1ccc2oc(C3CCCN(c4nnc(C5CC5)o4)C3)nc2c1. The summed E-state index contributed by atoms with van der Waals surface area (Å²) in [7, 11) is 0. The van der Waals surface area contributed by atoms with E-state index < -0.39 is 0 Å². The van der Waals surface area contributed by atoms with Crippen LogP contribution < -0.4 is 4.90 Å². The highest BCUT2D eigenvalue weighted by molar-refractivity contribution is 5.72. The highest BCUT2D eigenvalue weighted by Crippen LogP contribution is 2.40. The third-order valence-electron chi connectivity index (χ3n) is 4.71. The first kappa shape index (κ1) is 13.1. The van der Waals surface area contributed by atoms with Crippen LogP contribution in [0.2, 0.25) is 0 Å². The molecule has 0 spiro atoms. The average molecular weight is 310 g/mol. The third-order valence-corrected chi connectivity index (χ3v) is 4.71. The molecule has 1 atom stereocenters. The van der Waals surface area contributed by atoms with Gasteiger partial charge in [-0.05, 0) is 37.8 Å².